The highest BCUT2D eigenvalue weighted by atomic mass is 16.5. The second-order valence-electron chi connectivity index (χ2n) is 5.62. The lowest BCUT2D eigenvalue weighted by atomic mass is 9.94. The minimum Gasteiger partial charge on any atom is -0.497 e. The van der Waals surface area contributed by atoms with Gasteiger partial charge in [0.25, 0.3) is 0 Å². The van der Waals surface area contributed by atoms with Gasteiger partial charge in [-0.2, -0.15) is 0 Å². The molecule has 2 aromatic carbocycles. The molecule has 0 spiro atoms. The van der Waals surface area contributed by atoms with Crippen molar-refractivity contribution in [1.82, 2.24) is 4.90 Å². The van der Waals surface area contributed by atoms with Crippen LogP contribution >= 0.6 is 0 Å². The topological polar surface area (TPSA) is 41.6 Å². The molecule has 0 saturated heterocycles. The lowest BCUT2D eigenvalue weighted by Gasteiger charge is -2.33. The molecule has 0 fully saturated rings. The maximum absolute atomic E-state index is 12.6. The normalized spacial score (nSPS) is 17.6. The number of rotatable bonds is 3. The molecule has 1 unspecified atom stereocenters. The molecular formula is C18H20N2O2. The summed E-state index contributed by atoms with van der Waals surface area (Å²) in [4.78, 5) is 14.7. The fourth-order valence-electron chi connectivity index (χ4n) is 2.85. The SMILES string of the molecule is COc1ccc(NC(=O)C2Cc3ccccc3CN2C)cc1. The van der Waals surface area contributed by atoms with Crippen molar-refractivity contribution in [3.05, 3.63) is 59.7 Å². The van der Waals surface area contributed by atoms with Crippen LogP contribution < -0.4 is 10.1 Å². The molecule has 0 radical (unpaired) electrons. The van der Waals surface area contributed by atoms with Crippen molar-refractivity contribution in [1.29, 1.82) is 0 Å². The van der Waals surface area contributed by atoms with Gasteiger partial charge < -0.3 is 10.1 Å². The fourth-order valence-corrected chi connectivity index (χ4v) is 2.85. The van der Waals surface area contributed by atoms with Crippen molar-refractivity contribution in [3.8, 4) is 5.75 Å². The number of nitrogens with zero attached hydrogens (tertiary/aromatic N) is 1. The summed E-state index contributed by atoms with van der Waals surface area (Å²) in [6, 6.07) is 15.6. The molecule has 0 saturated carbocycles. The van der Waals surface area contributed by atoms with Crippen molar-refractivity contribution in [2.24, 2.45) is 0 Å². The highest BCUT2D eigenvalue weighted by Crippen LogP contribution is 2.23. The van der Waals surface area contributed by atoms with E-state index in [0.29, 0.717) is 0 Å². The largest absolute Gasteiger partial charge is 0.497 e. The summed E-state index contributed by atoms with van der Waals surface area (Å²) in [6.07, 6.45) is 0.745. The fraction of sp³-hybridized carbons (Fsp3) is 0.278. The van der Waals surface area contributed by atoms with Crippen LogP contribution in [0, 0.1) is 0 Å². The number of likely N-dealkylation sites (N-methyl/N-ethyl adjacent to an activating group) is 1. The summed E-state index contributed by atoms with van der Waals surface area (Å²) < 4.78 is 5.13. The third-order valence-corrected chi connectivity index (χ3v) is 4.14. The van der Waals surface area contributed by atoms with Crippen LogP contribution in [-0.2, 0) is 17.8 Å². The van der Waals surface area contributed by atoms with Crippen LogP contribution in [0.4, 0.5) is 5.69 Å². The van der Waals surface area contributed by atoms with Gasteiger partial charge in [0.2, 0.25) is 5.91 Å². The number of nitrogens with one attached hydrogen (secondary N) is 1. The number of carbonyl (C=O) groups excluding carboxylic acids is 1. The van der Waals surface area contributed by atoms with E-state index >= 15 is 0 Å². The van der Waals surface area contributed by atoms with Gasteiger partial charge in [-0.15, -0.1) is 0 Å². The first-order chi connectivity index (χ1) is 10.7. The Labute approximate surface area is 130 Å². The summed E-state index contributed by atoms with van der Waals surface area (Å²) in [5, 5.41) is 2.99. The second-order valence-corrected chi connectivity index (χ2v) is 5.62. The Bertz CT molecular complexity index is 667. The Kier molecular flexibility index (Phi) is 4.11. The Morgan fingerprint density at radius 1 is 1.14 bits per heavy atom. The van der Waals surface area contributed by atoms with Crippen LogP contribution in [0.2, 0.25) is 0 Å². The van der Waals surface area contributed by atoms with Crippen molar-refractivity contribution in [3.63, 3.8) is 0 Å². The van der Waals surface area contributed by atoms with E-state index in [9.17, 15) is 4.79 Å². The molecule has 1 amide bonds. The Morgan fingerprint density at radius 3 is 2.50 bits per heavy atom. The zero-order chi connectivity index (χ0) is 15.5. The third kappa shape index (κ3) is 2.97. The molecule has 4 heteroatoms. The number of carbonyl (C=O) groups is 1. The quantitative estimate of drug-likeness (QED) is 0.947. The van der Waals surface area contributed by atoms with E-state index in [1.54, 1.807) is 7.11 Å². The van der Waals surface area contributed by atoms with Crippen LogP contribution in [0.5, 0.6) is 5.75 Å². The molecule has 0 aliphatic carbocycles. The van der Waals surface area contributed by atoms with Gasteiger partial charge in [-0.05, 0) is 48.9 Å². The van der Waals surface area contributed by atoms with E-state index in [2.05, 4.69) is 22.3 Å². The zero-order valence-electron chi connectivity index (χ0n) is 12.9. The number of ether oxygens (including phenoxy) is 1. The molecule has 0 bridgehead atoms. The number of fused-ring (bicyclic) bond motifs is 1. The summed E-state index contributed by atoms with van der Waals surface area (Å²) in [5.74, 6) is 0.809. The number of amides is 1. The van der Waals surface area contributed by atoms with Crippen molar-refractivity contribution < 1.29 is 9.53 Å². The van der Waals surface area contributed by atoms with E-state index in [4.69, 9.17) is 4.74 Å². The maximum atomic E-state index is 12.6. The van der Waals surface area contributed by atoms with Crippen LogP contribution in [0.1, 0.15) is 11.1 Å². The number of methoxy groups -OCH3 is 1. The predicted molar refractivity (Wildman–Crippen MR) is 87.0 cm³/mol. The first kappa shape index (κ1) is 14.6. The Morgan fingerprint density at radius 2 is 1.82 bits per heavy atom. The highest BCUT2D eigenvalue weighted by Gasteiger charge is 2.28. The second kappa shape index (κ2) is 6.20. The average molecular weight is 296 g/mol. The molecule has 1 heterocycles. The molecule has 22 heavy (non-hydrogen) atoms. The number of hydrogen-bond acceptors (Lipinski definition) is 3. The van der Waals surface area contributed by atoms with Crippen LogP contribution in [0.3, 0.4) is 0 Å². The van der Waals surface area contributed by atoms with E-state index in [1.165, 1.54) is 11.1 Å². The van der Waals surface area contributed by atoms with Crippen LogP contribution in [0.15, 0.2) is 48.5 Å². The molecule has 1 aliphatic rings. The average Bonchev–Trinajstić information content (AvgIpc) is 2.54. The minimum atomic E-state index is -0.142. The van der Waals surface area contributed by atoms with Crippen LogP contribution in [0.25, 0.3) is 0 Å². The molecule has 4 nitrogen and oxygen atoms in total. The highest BCUT2D eigenvalue weighted by molar-refractivity contribution is 5.95. The number of benzene rings is 2. The van der Waals surface area contributed by atoms with Gasteiger partial charge in [0.15, 0.2) is 0 Å². The molecule has 2 aromatic rings. The van der Waals surface area contributed by atoms with Crippen molar-refractivity contribution in [2.75, 3.05) is 19.5 Å². The van der Waals surface area contributed by atoms with Gasteiger partial charge in [0.1, 0.15) is 5.75 Å². The molecule has 114 valence electrons. The standard InChI is InChI=1S/C18H20N2O2/c1-20-12-14-6-4-3-5-13(14)11-17(20)18(21)19-15-7-9-16(22-2)10-8-15/h3-10,17H,11-12H2,1-2H3,(H,19,21). The molecule has 0 aromatic heterocycles. The van der Waals surface area contributed by atoms with Gasteiger partial charge >= 0.3 is 0 Å². The van der Waals surface area contributed by atoms with E-state index in [1.807, 2.05) is 43.4 Å². The molecule has 3 rings (SSSR count). The van der Waals surface area contributed by atoms with Gasteiger partial charge in [-0.3, -0.25) is 9.69 Å². The molecule has 1 N–H and O–H groups in total. The van der Waals surface area contributed by atoms with E-state index < -0.39 is 0 Å². The first-order valence-corrected chi connectivity index (χ1v) is 7.39. The summed E-state index contributed by atoms with van der Waals surface area (Å²) >= 11 is 0. The maximum Gasteiger partial charge on any atom is 0.242 e. The lowest BCUT2D eigenvalue weighted by Crippen LogP contribution is -2.45. The summed E-state index contributed by atoms with van der Waals surface area (Å²) in [7, 11) is 3.62. The van der Waals surface area contributed by atoms with Gasteiger partial charge in [-0.25, -0.2) is 0 Å². The molecule has 1 atom stereocenters. The zero-order valence-corrected chi connectivity index (χ0v) is 12.9. The van der Waals surface area contributed by atoms with E-state index in [-0.39, 0.29) is 11.9 Å². The number of hydrogen-bond donors (Lipinski definition) is 1. The number of anilines is 1. The Balaban J connectivity index is 1.72. The summed E-state index contributed by atoms with van der Waals surface area (Å²) in [5.41, 5.74) is 3.35. The van der Waals surface area contributed by atoms with Crippen molar-refractivity contribution >= 4 is 11.6 Å². The van der Waals surface area contributed by atoms with E-state index in [0.717, 1.165) is 24.4 Å². The lowest BCUT2D eigenvalue weighted by molar-refractivity contribution is -0.121. The smallest absolute Gasteiger partial charge is 0.242 e. The van der Waals surface area contributed by atoms with Gasteiger partial charge in [-0.1, -0.05) is 24.3 Å². The Hall–Kier alpha value is -2.33. The van der Waals surface area contributed by atoms with Gasteiger partial charge in [0, 0.05) is 12.2 Å². The molecular weight excluding hydrogens is 276 g/mol. The predicted octanol–water partition coefficient (Wildman–Crippen LogP) is 2.69. The van der Waals surface area contributed by atoms with Gasteiger partial charge in [0.05, 0.1) is 13.2 Å². The molecule has 1 aliphatic heterocycles. The van der Waals surface area contributed by atoms with Crippen LogP contribution in [-0.4, -0.2) is 31.0 Å². The first-order valence-electron chi connectivity index (χ1n) is 7.39. The third-order valence-electron chi connectivity index (χ3n) is 4.14. The monoisotopic (exact) mass is 296 g/mol. The van der Waals surface area contributed by atoms with Crippen molar-refractivity contribution in [2.45, 2.75) is 19.0 Å². The summed E-state index contributed by atoms with van der Waals surface area (Å²) in [6.45, 7) is 0.802. The minimum absolute atomic E-state index is 0.0298.